The molecule has 0 aromatic carbocycles. The van der Waals surface area contributed by atoms with Crippen molar-refractivity contribution in [1.29, 1.82) is 0 Å². The molecule has 6 atom stereocenters. The minimum atomic E-state index is -0.0349. The number of rotatable bonds is 6. The quantitative estimate of drug-likeness (QED) is 0.451. The lowest BCUT2D eigenvalue weighted by atomic mass is 9.55. The van der Waals surface area contributed by atoms with Crippen molar-refractivity contribution in [2.45, 2.75) is 108 Å². The van der Waals surface area contributed by atoms with Crippen molar-refractivity contribution in [3.05, 3.63) is 0 Å². The van der Waals surface area contributed by atoms with Gasteiger partial charge in [0.2, 0.25) is 5.91 Å². The third-order valence-electron chi connectivity index (χ3n) is 8.81. The number of hydrogen-bond donors (Lipinski definition) is 5. The van der Waals surface area contributed by atoms with Gasteiger partial charge in [0, 0.05) is 12.1 Å². The summed E-state index contributed by atoms with van der Waals surface area (Å²) in [5.74, 6) is 1.71. The number of hydrazine groups is 1. The van der Waals surface area contributed by atoms with Gasteiger partial charge in [-0.2, -0.15) is 0 Å². The summed E-state index contributed by atoms with van der Waals surface area (Å²) in [4.78, 5) is 15.5. The molecule has 0 spiro atoms. The maximum atomic E-state index is 13.1. The van der Waals surface area contributed by atoms with E-state index in [4.69, 9.17) is 0 Å². The Morgan fingerprint density at radius 1 is 1.10 bits per heavy atom. The molecular formula is C23H42N6O. The first-order chi connectivity index (χ1) is 14.5. The van der Waals surface area contributed by atoms with Crippen LogP contribution in [0.1, 0.15) is 77.6 Å². The molecule has 2 heterocycles. The Hall–Kier alpha value is -0.730. The first kappa shape index (κ1) is 21.1. The van der Waals surface area contributed by atoms with E-state index in [2.05, 4.69) is 45.7 Å². The van der Waals surface area contributed by atoms with Crippen LogP contribution in [0.5, 0.6) is 0 Å². The van der Waals surface area contributed by atoms with E-state index < -0.39 is 0 Å². The van der Waals surface area contributed by atoms with Gasteiger partial charge in [0.05, 0.1) is 25.0 Å². The van der Waals surface area contributed by atoms with Crippen LogP contribution >= 0.6 is 0 Å². The van der Waals surface area contributed by atoms with Crippen LogP contribution in [0.2, 0.25) is 0 Å². The predicted molar refractivity (Wildman–Crippen MR) is 118 cm³/mol. The molecule has 2 saturated heterocycles. The summed E-state index contributed by atoms with van der Waals surface area (Å²) < 4.78 is 0. The van der Waals surface area contributed by atoms with E-state index in [1.165, 1.54) is 57.8 Å². The van der Waals surface area contributed by atoms with Crippen LogP contribution in [0.3, 0.4) is 0 Å². The van der Waals surface area contributed by atoms with Crippen LogP contribution < -0.4 is 26.8 Å². The molecule has 1 amide bonds. The summed E-state index contributed by atoms with van der Waals surface area (Å²) in [7, 11) is 2.20. The van der Waals surface area contributed by atoms with Crippen molar-refractivity contribution in [1.82, 2.24) is 31.7 Å². The highest BCUT2D eigenvalue weighted by Gasteiger charge is 2.48. The molecule has 5 N–H and O–H groups in total. The summed E-state index contributed by atoms with van der Waals surface area (Å²) in [5.41, 5.74) is 7.24. The normalized spacial score (nSPS) is 41.9. The van der Waals surface area contributed by atoms with E-state index >= 15 is 0 Å². The lowest BCUT2D eigenvalue weighted by molar-refractivity contribution is -0.125. The largest absolute Gasteiger partial charge is 0.352 e. The Kier molecular flexibility index (Phi) is 6.10. The average Bonchev–Trinajstić information content (AvgIpc) is 3.47. The van der Waals surface area contributed by atoms with Gasteiger partial charge in [-0.15, -0.1) is 0 Å². The second-order valence-corrected chi connectivity index (χ2v) is 11.1. The Bertz CT molecular complexity index is 621. The molecule has 0 aromatic heterocycles. The maximum absolute atomic E-state index is 13.1. The second kappa shape index (κ2) is 8.66. The Morgan fingerprint density at radius 3 is 2.60 bits per heavy atom. The van der Waals surface area contributed by atoms with Crippen molar-refractivity contribution in [3.63, 3.8) is 0 Å². The molecule has 170 valence electrons. The number of hydrogen-bond acceptors (Lipinski definition) is 6. The monoisotopic (exact) mass is 418 g/mol. The lowest BCUT2D eigenvalue weighted by Crippen LogP contribution is -2.63. The molecule has 3 saturated carbocycles. The fraction of sp³-hybridized carbons (Fsp3) is 0.957. The fourth-order valence-corrected chi connectivity index (χ4v) is 6.63. The first-order valence-electron chi connectivity index (χ1n) is 12.5. The predicted octanol–water partition coefficient (Wildman–Crippen LogP) is 1.62. The molecule has 3 aliphatic carbocycles. The molecule has 6 unspecified atom stereocenters. The van der Waals surface area contributed by atoms with Gasteiger partial charge >= 0.3 is 0 Å². The molecule has 5 aliphatic rings. The van der Waals surface area contributed by atoms with E-state index in [9.17, 15) is 4.79 Å². The second-order valence-electron chi connectivity index (χ2n) is 11.1. The zero-order valence-corrected chi connectivity index (χ0v) is 18.9. The highest BCUT2D eigenvalue weighted by Crippen LogP contribution is 2.55. The van der Waals surface area contributed by atoms with Gasteiger partial charge in [0.15, 0.2) is 0 Å². The van der Waals surface area contributed by atoms with Crippen molar-refractivity contribution < 1.29 is 4.79 Å². The molecule has 2 aliphatic heterocycles. The number of nitrogens with one attached hydrogen (secondary N) is 5. The molecule has 5 fully saturated rings. The van der Waals surface area contributed by atoms with Crippen molar-refractivity contribution >= 4 is 5.91 Å². The number of carbonyl (C=O) groups excluding carboxylic acids is 1. The summed E-state index contributed by atoms with van der Waals surface area (Å²) in [6.45, 7) is 3.14. The van der Waals surface area contributed by atoms with E-state index in [-0.39, 0.29) is 11.9 Å². The standard InChI is InChI=1S/C23H42N6O/c1-15-11-19(27-21(25-15)16-7-8-16)22(30)26-18-6-3-5-17(12-18)23(9-4-10-23)13-20-28-24-14-29(20)2/h15-21,24-25,27-28H,3-14H2,1-2H3,(H,26,30). The van der Waals surface area contributed by atoms with Gasteiger partial charge in [-0.25, -0.2) is 10.9 Å². The first-order valence-corrected chi connectivity index (χ1v) is 12.5. The number of carbonyl (C=O) groups is 1. The number of nitrogens with zero attached hydrogens (tertiary/aromatic N) is 1. The van der Waals surface area contributed by atoms with E-state index in [0.717, 1.165) is 31.3 Å². The third kappa shape index (κ3) is 4.42. The molecule has 0 bridgehead atoms. The molecule has 30 heavy (non-hydrogen) atoms. The van der Waals surface area contributed by atoms with Gasteiger partial charge < -0.3 is 5.32 Å². The molecular weight excluding hydrogens is 376 g/mol. The van der Waals surface area contributed by atoms with Crippen LogP contribution in [0.15, 0.2) is 0 Å². The van der Waals surface area contributed by atoms with Crippen molar-refractivity contribution in [2.75, 3.05) is 13.7 Å². The summed E-state index contributed by atoms with van der Waals surface area (Å²) >= 11 is 0. The van der Waals surface area contributed by atoms with Gasteiger partial charge in [-0.3, -0.25) is 20.3 Å². The van der Waals surface area contributed by atoms with Crippen LogP contribution in [-0.2, 0) is 4.79 Å². The average molecular weight is 419 g/mol. The minimum absolute atomic E-state index is 0.0349. The van der Waals surface area contributed by atoms with Gasteiger partial charge in [0.25, 0.3) is 0 Å². The molecule has 7 nitrogen and oxygen atoms in total. The zero-order chi connectivity index (χ0) is 20.7. The highest BCUT2D eigenvalue weighted by atomic mass is 16.2. The lowest BCUT2D eigenvalue weighted by Gasteiger charge is -2.52. The highest BCUT2D eigenvalue weighted by molar-refractivity contribution is 5.82. The van der Waals surface area contributed by atoms with Crippen LogP contribution in [0, 0.1) is 17.3 Å². The number of amides is 1. The van der Waals surface area contributed by atoms with Crippen LogP contribution in [0.25, 0.3) is 0 Å². The zero-order valence-electron chi connectivity index (χ0n) is 18.9. The van der Waals surface area contributed by atoms with E-state index in [1.807, 2.05) is 0 Å². The smallest absolute Gasteiger partial charge is 0.237 e. The molecule has 0 aromatic rings. The van der Waals surface area contributed by atoms with Crippen LogP contribution in [-0.4, -0.2) is 55.0 Å². The van der Waals surface area contributed by atoms with E-state index in [0.29, 0.717) is 29.8 Å². The molecule has 5 rings (SSSR count). The van der Waals surface area contributed by atoms with Crippen molar-refractivity contribution in [2.24, 2.45) is 17.3 Å². The Morgan fingerprint density at radius 2 is 1.93 bits per heavy atom. The SMILES string of the molecule is CC1CC(C(=O)NC2CCCC(C3(CC4NNCN4C)CCC3)C2)NC(C2CC2)N1. The Balaban J connectivity index is 1.17. The Labute approximate surface area is 181 Å². The van der Waals surface area contributed by atoms with Gasteiger partial charge in [0.1, 0.15) is 0 Å². The fourth-order valence-electron chi connectivity index (χ4n) is 6.63. The maximum Gasteiger partial charge on any atom is 0.237 e. The topological polar surface area (TPSA) is 80.5 Å². The third-order valence-corrected chi connectivity index (χ3v) is 8.81. The summed E-state index contributed by atoms with van der Waals surface area (Å²) in [6.07, 6.45) is 14.5. The minimum Gasteiger partial charge on any atom is -0.352 e. The van der Waals surface area contributed by atoms with Gasteiger partial charge in [-0.1, -0.05) is 12.8 Å². The summed E-state index contributed by atoms with van der Waals surface area (Å²) in [5, 5.41) is 10.7. The molecule has 7 heteroatoms. The van der Waals surface area contributed by atoms with Crippen molar-refractivity contribution in [3.8, 4) is 0 Å². The summed E-state index contributed by atoms with van der Waals surface area (Å²) in [6, 6.07) is 0.731. The molecule has 0 radical (unpaired) electrons. The van der Waals surface area contributed by atoms with E-state index in [1.54, 1.807) is 0 Å². The van der Waals surface area contributed by atoms with Gasteiger partial charge in [-0.05, 0) is 89.0 Å². The van der Waals surface area contributed by atoms with Crippen LogP contribution in [0.4, 0.5) is 0 Å².